The summed E-state index contributed by atoms with van der Waals surface area (Å²) in [5.41, 5.74) is 1.59. The van der Waals surface area contributed by atoms with E-state index in [0.29, 0.717) is 0 Å². The number of aliphatic hydroxyl groups is 2. The Morgan fingerprint density at radius 2 is 1.17 bits per heavy atom. The maximum absolute atomic E-state index is 9.53. The highest BCUT2D eigenvalue weighted by molar-refractivity contribution is 5.15. The van der Waals surface area contributed by atoms with E-state index in [4.69, 9.17) is 0 Å². The van der Waals surface area contributed by atoms with Gasteiger partial charge in [0.25, 0.3) is 0 Å². The third kappa shape index (κ3) is 2.80. The summed E-state index contributed by atoms with van der Waals surface area (Å²) < 4.78 is 0. The van der Waals surface area contributed by atoms with Gasteiger partial charge in [-0.2, -0.15) is 0 Å². The Morgan fingerprint density at radius 1 is 0.917 bits per heavy atom. The first-order valence-corrected chi connectivity index (χ1v) is 4.16. The zero-order valence-electron chi connectivity index (χ0n) is 8.20. The number of allylic oxidation sites excluding steroid dienone is 2. The van der Waals surface area contributed by atoms with Gasteiger partial charge < -0.3 is 10.2 Å². The lowest BCUT2D eigenvalue weighted by Gasteiger charge is -2.18. The van der Waals surface area contributed by atoms with Crippen molar-refractivity contribution in [3.05, 3.63) is 23.3 Å². The van der Waals surface area contributed by atoms with Crippen LogP contribution in [0.4, 0.5) is 0 Å². The zero-order valence-corrected chi connectivity index (χ0v) is 8.20. The molecule has 2 heteroatoms. The first-order chi connectivity index (χ1) is 5.54. The molecule has 0 aliphatic heterocycles. The van der Waals surface area contributed by atoms with Crippen LogP contribution in [0.2, 0.25) is 0 Å². The molecule has 0 saturated carbocycles. The van der Waals surface area contributed by atoms with Crippen molar-refractivity contribution in [3.63, 3.8) is 0 Å². The van der Waals surface area contributed by atoms with Gasteiger partial charge in [0.1, 0.15) is 12.2 Å². The maximum atomic E-state index is 9.53. The van der Waals surface area contributed by atoms with Crippen LogP contribution in [0.15, 0.2) is 23.3 Å². The Bertz CT molecular complexity index is 170. The molecule has 0 bridgehead atoms. The predicted octanol–water partition coefficient (Wildman–Crippen LogP) is 1.64. The van der Waals surface area contributed by atoms with Gasteiger partial charge >= 0.3 is 0 Å². The Labute approximate surface area is 74.2 Å². The van der Waals surface area contributed by atoms with Gasteiger partial charge in [-0.1, -0.05) is 12.2 Å². The van der Waals surface area contributed by atoms with E-state index in [2.05, 4.69) is 0 Å². The summed E-state index contributed by atoms with van der Waals surface area (Å²) in [6, 6.07) is 0. The molecule has 0 spiro atoms. The quantitative estimate of drug-likeness (QED) is 0.632. The van der Waals surface area contributed by atoms with E-state index in [1.807, 2.05) is 13.8 Å². The van der Waals surface area contributed by atoms with E-state index in [1.54, 1.807) is 26.0 Å². The summed E-state index contributed by atoms with van der Waals surface area (Å²) in [4.78, 5) is 0. The third-order valence-electron chi connectivity index (χ3n) is 2.14. The lowest BCUT2D eigenvalue weighted by Crippen LogP contribution is -2.27. The number of hydrogen-bond donors (Lipinski definition) is 2. The van der Waals surface area contributed by atoms with Gasteiger partial charge in [-0.25, -0.2) is 0 Å². The van der Waals surface area contributed by atoms with Crippen LogP contribution in [-0.2, 0) is 0 Å². The second-order valence-electron chi connectivity index (χ2n) is 2.96. The van der Waals surface area contributed by atoms with Crippen LogP contribution >= 0.6 is 0 Å². The van der Waals surface area contributed by atoms with E-state index in [9.17, 15) is 10.2 Å². The fourth-order valence-corrected chi connectivity index (χ4v) is 0.840. The number of rotatable bonds is 3. The SMILES string of the molecule is C/C=C(\C)C(O)C(O)/C(C)=C/C. The summed E-state index contributed by atoms with van der Waals surface area (Å²) in [6.07, 6.45) is 2.06. The van der Waals surface area contributed by atoms with Crippen molar-refractivity contribution in [1.82, 2.24) is 0 Å². The van der Waals surface area contributed by atoms with Gasteiger partial charge in [-0.05, 0) is 38.8 Å². The minimum absolute atomic E-state index is 0.772. The maximum Gasteiger partial charge on any atom is 0.104 e. The molecule has 2 nitrogen and oxygen atoms in total. The molecule has 70 valence electrons. The van der Waals surface area contributed by atoms with Crippen LogP contribution in [0, 0.1) is 0 Å². The fraction of sp³-hybridized carbons (Fsp3) is 0.600. The van der Waals surface area contributed by atoms with Crippen molar-refractivity contribution in [2.45, 2.75) is 39.9 Å². The summed E-state index contributed by atoms with van der Waals surface area (Å²) in [5.74, 6) is 0. The molecule has 0 aromatic carbocycles. The Hall–Kier alpha value is -0.600. The van der Waals surface area contributed by atoms with Gasteiger partial charge in [0, 0.05) is 0 Å². The van der Waals surface area contributed by atoms with Crippen molar-refractivity contribution < 1.29 is 10.2 Å². The number of hydrogen-bond acceptors (Lipinski definition) is 2. The van der Waals surface area contributed by atoms with Crippen LogP contribution in [0.3, 0.4) is 0 Å². The normalized spacial score (nSPS) is 19.2. The largest absolute Gasteiger partial charge is 0.386 e. The molecular weight excluding hydrogens is 152 g/mol. The third-order valence-corrected chi connectivity index (χ3v) is 2.14. The molecule has 2 unspecified atom stereocenters. The summed E-state index contributed by atoms with van der Waals surface area (Å²) in [5, 5.41) is 19.1. The highest BCUT2D eigenvalue weighted by Gasteiger charge is 2.17. The summed E-state index contributed by atoms with van der Waals surface area (Å²) in [7, 11) is 0. The molecule has 0 aromatic heterocycles. The zero-order chi connectivity index (χ0) is 9.72. The first kappa shape index (κ1) is 11.4. The molecule has 0 aliphatic carbocycles. The highest BCUT2D eigenvalue weighted by Crippen LogP contribution is 2.12. The first-order valence-electron chi connectivity index (χ1n) is 4.16. The lowest BCUT2D eigenvalue weighted by atomic mass is 10.0. The van der Waals surface area contributed by atoms with Gasteiger partial charge in [-0.3, -0.25) is 0 Å². The molecule has 2 N–H and O–H groups in total. The standard InChI is InChI=1S/C10H18O2/c1-5-7(3)9(11)10(12)8(4)6-2/h5-6,9-12H,1-4H3/b7-5+,8-6+. The van der Waals surface area contributed by atoms with E-state index >= 15 is 0 Å². The Kier molecular flexibility index (Phi) is 4.86. The molecule has 0 heterocycles. The predicted molar refractivity (Wildman–Crippen MR) is 50.9 cm³/mol. The average molecular weight is 170 g/mol. The summed E-state index contributed by atoms with van der Waals surface area (Å²) in [6.45, 7) is 7.29. The minimum Gasteiger partial charge on any atom is -0.386 e. The molecule has 0 radical (unpaired) electrons. The lowest BCUT2D eigenvalue weighted by molar-refractivity contribution is 0.0656. The van der Waals surface area contributed by atoms with Gasteiger partial charge in [0.2, 0.25) is 0 Å². The van der Waals surface area contributed by atoms with Crippen LogP contribution in [-0.4, -0.2) is 22.4 Å². The molecule has 2 atom stereocenters. The Morgan fingerprint density at radius 3 is 1.33 bits per heavy atom. The van der Waals surface area contributed by atoms with E-state index in [1.165, 1.54) is 0 Å². The van der Waals surface area contributed by atoms with Crippen LogP contribution < -0.4 is 0 Å². The van der Waals surface area contributed by atoms with Crippen LogP contribution in [0.1, 0.15) is 27.7 Å². The molecule has 0 amide bonds. The molecule has 0 aromatic rings. The van der Waals surface area contributed by atoms with E-state index in [-0.39, 0.29) is 0 Å². The van der Waals surface area contributed by atoms with Crippen LogP contribution in [0.5, 0.6) is 0 Å². The molecule has 0 saturated heterocycles. The number of aliphatic hydroxyl groups excluding tert-OH is 2. The van der Waals surface area contributed by atoms with E-state index < -0.39 is 12.2 Å². The summed E-state index contributed by atoms with van der Waals surface area (Å²) >= 11 is 0. The molecule has 0 fully saturated rings. The van der Waals surface area contributed by atoms with Crippen molar-refractivity contribution in [2.24, 2.45) is 0 Å². The highest BCUT2D eigenvalue weighted by atomic mass is 16.3. The molecular formula is C10H18O2. The second kappa shape index (κ2) is 5.12. The van der Waals surface area contributed by atoms with E-state index in [0.717, 1.165) is 11.1 Å². The molecule has 0 rings (SSSR count). The van der Waals surface area contributed by atoms with Crippen molar-refractivity contribution in [2.75, 3.05) is 0 Å². The average Bonchev–Trinajstić information content (AvgIpc) is 2.12. The monoisotopic (exact) mass is 170 g/mol. The van der Waals surface area contributed by atoms with Crippen molar-refractivity contribution in [3.8, 4) is 0 Å². The van der Waals surface area contributed by atoms with Gasteiger partial charge in [0.15, 0.2) is 0 Å². The molecule has 0 aliphatic rings. The Balaban J connectivity index is 4.39. The van der Waals surface area contributed by atoms with Crippen molar-refractivity contribution >= 4 is 0 Å². The topological polar surface area (TPSA) is 40.5 Å². The fourth-order valence-electron chi connectivity index (χ4n) is 0.840. The van der Waals surface area contributed by atoms with Crippen molar-refractivity contribution in [1.29, 1.82) is 0 Å². The van der Waals surface area contributed by atoms with Gasteiger partial charge in [0.05, 0.1) is 0 Å². The minimum atomic E-state index is -0.772. The second-order valence-corrected chi connectivity index (χ2v) is 2.96. The van der Waals surface area contributed by atoms with Gasteiger partial charge in [-0.15, -0.1) is 0 Å². The molecule has 12 heavy (non-hydrogen) atoms. The smallest absolute Gasteiger partial charge is 0.104 e. The van der Waals surface area contributed by atoms with Crippen LogP contribution in [0.25, 0.3) is 0 Å².